The first kappa shape index (κ1) is 19.3. The number of aromatic nitrogens is 1. The van der Waals surface area contributed by atoms with Crippen molar-refractivity contribution >= 4 is 38.2 Å². The zero-order valence-electron chi connectivity index (χ0n) is 16.3. The number of rotatable bonds is 3. The third-order valence-electron chi connectivity index (χ3n) is 5.27. The molecule has 6 nitrogen and oxygen atoms in total. The van der Waals surface area contributed by atoms with Crippen LogP contribution in [0.3, 0.4) is 0 Å². The van der Waals surface area contributed by atoms with E-state index in [9.17, 15) is 8.42 Å². The number of nitrogens with one attached hydrogen (secondary N) is 1. The van der Waals surface area contributed by atoms with Gasteiger partial charge in [0.1, 0.15) is 0 Å². The molecule has 0 spiro atoms. The van der Waals surface area contributed by atoms with Gasteiger partial charge in [-0.15, -0.1) is 0 Å². The van der Waals surface area contributed by atoms with E-state index >= 15 is 0 Å². The predicted molar refractivity (Wildman–Crippen MR) is 117 cm³/mol. The minimum atomic E-state index is -2.92. The lowest BCUT2D eigenvalue weighted by atomic mass is 10.1. The van der Waals surface area contributed by atoms with Crippen molar-refractivity contribution in [2.24, 2.45) is 10.1 Å². The molecule has 1 N–H and O–H groups in total. The molecule has 0 bridgehead atoms. The maximum absolute atomic E-state index is 11.9. The largest absolute Gasteiger partial charge is 0.344 e. The molecule has 3 heterocycles. The molecular formula is C20H24N4O2S2. The summed E-state index contributed by atoms with van der Waals surface area (Å²) < 4.78 is 25.9. The Kier molecular flexibility index (Phi) is 5.09. The zero-order chi connectivity index (χ0) is 19.9. The number of aryl methyl sites for hydroxylation is 2. The van der Waals surface area contributed by atoms with E-state index in [1.807, 2.05) is 31.2 Å². The Morgan fingerprint density at radius 1 is 1.21 bits per heavy atom. The zero-order valence-corrected chi connectivity index (χ0v) is 17.9. The average Bonchev–Trinajstić information content (AvgIpc) is 3.16. The van der Waals surface area contributed by atoms with Crippen molar-refractivity contribution < 1.29 is 8.42 Å². The Hall–Kier alpha value is -2.06. The highest BCUT2D eigenvalue weighted by Gasteiger charge is 2.31. The maximum Gasteiger partial charge on any atom is 0.182 e. The van der Waals surface area contributed by atoms with Crippen molar-refractivity contribution in [2.75, 3.05) is 17.3 Å². The molecule has 0 amide bonds. The molecule has 1 aromatic heterocycles. The van der Waals surface area contributed by atoms with Gasteiger partial charge < -0.3 is 4.57 Å². The van der Waals surface area contributed by atoms with Gasteiger partial charge in [0.15, 0.2) is 15.0 Å². The summed E-state index contributed by atoms with van der Waals surface area (Å²) in [5.41, 5.74) is 9.39. The van der Waals surface area contributed by atoms with Crippen LogP contribution in [0, 0.1) is 20.8 Å². The number of hydrazone groups is 1. The van der Waals surface area contributed by atoms with Gasteiger partial charge in [0.25, 0.3) is 0 Å². The van der Waals surface area contributed by atoms with Crippen LogP contribution in [0.5, 0.6) is 0 Å². The standard InChI is InChI=1S/C20H24N4O2S2/c1-13-4-6-16(7-5-13)21-20-23-22-19(11-27-20)18-10-14(2)24(15(18)3)17-8-9-28(25,26)12-17/h4-7,10,17H,8-9,11-12H2,1-3H3,(H,21,23)/t17-/m1/s1. The molecule has 148 valence electrons. The minimum Gasteiger partial charge on any atom is -0.344 e. The monoisotopic (exact) mass is 416 g/mol. The summed E-state index contributed by atoms with van der Waals surface area (Å²) in [7, 11) is -2.92. The van der Waals surface area contributed by atoms with Gasteiger partial charge in [-0.2, -0.15) is 5.10 Å². The molecule has 0 radical (unpaired) electrons. The van der Waals surface area contributed by atoms with Crippen molar-refractivity contribution in [3.8, 4) is 0 Å². The molecule has 2 aliphatic heterocycles. The number of hydrogen-bond donors (Lipinski definition) is 1. The minimum absolute atomic E-state index is 0.0298. The molecule has 0 aliphatic carbocycles. The molecule has 1 aromatic carbocycles. The second kappa shape index (κ2) is 7.40. The third-order valence-corrected chi connectivity index (χ3v) is 7.89. The Labute approximate surface area is 170 Å². The van der Waals surface area contributed by atoms with Crippen LogP contribution in [-0.4, -0.2) is 41.1 Å². The van der Waals surface area contributed by atoms with Crippen LogP contribution < -0.4 is 5.43 Å². The van der Waals surface area contributed by atoms with Gasteiger partial charge in [0.2, 0.25) is 0 Å². The number of thioether (sulfide) groups is 1. The second-order valence-electron chi connectivity index (χ2n) is 7.42. The topological polar surface area (TPSA) is 75.8 Å². The highest BCUT2D eigenvalue weighted by atomic mass is 32.2. The van der Waals surface area contributed by atoms with Crippen molar-refractivity contribution in [2.45, 2.75) is 33.2 Å². The van der Waals surface area contributed by atoms with Crippen LogP contribution in [0.1, 0.15) is 35.0 Å². The lowest BCUT2D eigenvalue weighted by molar-refractivity contribution is 0.535. The van der Waals surface area contributed by atoms with Gasteiger partial charge >= 0.3 is 0 Å². The van der Waals surface area contributed by atoms with Crippen molar-refractivity contribution in [1.82, 2.24) is 9.99 Å². The predicted octanol–water partition coefficient (Wildman–Crippen LogP) is 3.50. The highest BCUT2D eigenvalue weighted by Crippen LogP contribution is 2.30. The molecule has 0 saturated carbocycles. The van der Waals surface area contributed by atoms with E-state index in [4.69, 9.17) is 0 Å². The fourth-order valence-electron chi connectivity index (χ4n) is 3.86. The quantitative estimate of drug-likeness (QED) is 0.831. The Morgan fingerprint density at radius 3 is 2.57 bits per heavy atom. The first-order chi connectivity index (χ1) is 13.3. The maximum atomic E-state index is 11.9. The van der Waals surface area contributed by atoms with Crippen molar-refractivity contribution in [1.29, 1.82) is 0 Å². The number of sulfone groups is 1. The number of nitrogens with zero attached hydrogens (tertiary/aromatic N) is 3. The van der Waals surface area contributed by atoms with Gasteiger partial charge in [-0.05, 0) is 45.4 Å². The molecule has 0 unspecified atom stereocenters. The van der Waals surface area contributed by atoms with Crippen molar-refractivity contribution in [3.05, 3.63) is 52.8 Å². The number of aliphatic imine (C=N–C) groups is 1. The Balaban J connectivity index is 1.55. The average molecular weight is 417 g/mol. The smallest absolute Gasteiger partial charge is 0.182 e. The molecular weight excluding hydrogens is 392 g/mol. The van der Waals surface area contributed by atoms with Gasteiger partial charge in [-0.3, -0.25) is 5.43 Å². The van der Waals surface area contributed by atoms with Crippen LogP contribution >= 0.6 is 11.8 Å². The lowest BCUT2D eigenvalue weighted by Gasteiger charge is -2.18. The summed E-state index contributed by atoms with van der Waals surface area (Å²) >= 11 is 1.62. The highest BCUT2D eigenvalue weighted by molar-refractivity contribution is 8.14. The molecule has 1 atom stereocenters. The lowest BCUT2D eigenvalue weighted by Crippen LogP contribution is -2.25. The summed E-state index contributed by atoms with van der Waals surface area (Å²) in [6.07, 6.45) is 0.685. The normalized spacial score (nSPS) is 22.9. The van der Waals surface area contributed by atoms with Crippen LogP contribution in [0.25, 0.3) is 0 Å². The summed E-state index contributed by atoms with van der Waals surface area (Å²) in [6.45, 7) is 6.14. The van der Waals surface area contributed by atoms with E-state index in [0.29, 0.717) is 6.42 Å². The van der Waals surface area contributed by atoms with E-state index in [-0.39, 0.29) is 17.5 Å². The summed E-state index contributed by atoms with van der Waals surface area (Å²) in [5, 5.41) is 5.33. The molecule has 1 saturated heterocycles. The fraction of sp³-hybridized carbons (Fsp3) is 0.400. The van der Waals surface area contributed by atoms with Crippen LogP contribution in [0.2, 0.25) is 0 Å². The second-order valence-corrected chi connectivity index (χ2v) is 10.6. The first-order valence-electron chi connectivity index (χ1n) is 9.32. The van der Waals surface area contributed by atoms with Crippen LogP contribution in [0.4, 0.5) is 5.69 Å². The molecule has 2 aromatic rings. The number of hydrogen-bond acceptors (Lipinski definition) is 5. The van der Waals surface area contributed by atoms with E-state index in [1.54, 1.807) is 11.8 Å². The summed E-state index contributed by atoms with van der Waals surface area (Å²) in [4.78, 5) is 4.60. The van der Waals surface area contributed by atoms with Gasteiger partial charge in [0, 0.05) is 28.7 Å². The first-order valence-corrected chi connectivity index (χ1v) is 12.1. The SMILES string of the molecule is Cc1ccc(N=C2NN=C(c3cc(C)n([C@@H]4CCS(=O)(=O)C4)c3C)CS2)cc1. The van der Waals surface area contributed by atoms with Gasteiger partial charge in [-0.1, -0.05) is 29.5 Å². The van der Waals surface area contributed by atoms with E-state index < -0.39 is 9.84 Å². The molecule has 4 rings (SSSR count). The number of amidine groups is 1. The van der Waals surface area contributed by atoms with Crippen LogP contribution in [0.15, 0.2) is 40.4 Å². The molecule has 28 heavy (non-hydrogen) atoms. The third kappa shape index (κ3) is 3.89. The van der Waals surface area contributed by atoms with E-state index in [1.165, 1.54) is 5.56 Å². The summed E-state index contributed by atoms with van der Waals surface area (Å²) in [5.74, 6) is 1.24. The Morgan fingerprint density at radius 2 is 1.96 bits per heavy atom. The summed E-state index contributed by atoms with van der Waals surface area (Å²) in [6, 6.07) is 10.2. The molecule has 2 aliphatic rings. The number of benzene rings is 1. The van der Waals surface area contributed by atoms with E-state index in [2.05, 4.69) is 40.0 Å². The molecule has 8 heteroatoms. The van der Waals surface area contributed by atoms with Gasteiger partial charge in [-0.25, -0.2) is 13.4 Å². The van der Waals surface area contributed by atoms with Crippen LogP contribution in [-0.2, 0) is 9.84 Å². The molecule has 1 fully saturated rings. The Bertz CT molecular complexity index is 1070. The van der Waals surface area contributed by atoms with E-state index in [0.717, 1.165) is 39.3 Å². The fourth-order valence-corrected chi connectivity index (χ4v) is 6.33. The van der Waals surface area contributed by atoms with Crippen molar-refractivity contribution in [3.63, 3.8) is 0 Å². The van der Waals surface area contributed by atoms with Gasteiger partial charge in [0.05, 0.1) is 22.9 Å².